The summed E-state index contributed by atoms with van der Waals surface area (Å²) in [5.41, 5.74) is -0.404. The van der Waals surface area contributed by atoms with Crippen LogP contribution in [0.5, 0.6) is 0 Å². The number of hydrogen-bond acceptors (Lipinski definition) is 5. The number of methoxy groups -OCH3 is 1. The quantitative estimate of drug-likeness (QED) is 0.733. The number of rotatable bonds is 7. The van der Waals surface area contributed by atoms with Crippen LogP contribution in [0.25, 0.3) is 10.9 Å². The van der Waals surface area contributed by atoms with Crippen LogP contribution in [0.15, 0.2) is 29.2 Å². The summed E-state index contributed by atoms with van der Waals surface area (Å²) in [6.07, 6.45) is 1.28. The number of H-pyrrole nitrogens is 1. The Morgan fingerprint density at radius 1 is 1.39 bits per heavy atom. The third-order valence-electron chi connectivity index (χ3n) is 5.42. The first-order chi connectivity index (χ1) is 13.5. The normalized spacial score (nSPS) is 19.7. The smallest absolute Gasteiger partial charge is 0.259 e. The second kappa shape index (κ2) is 8.81. The number of aliphatic hydroxyl groups excluding tert-OH is 1. The average molecular weight is 391 g/mol. The van der Waals surface area contributed by atoms with Gasteiger partial charge in [0.1, 0.15) is 11.4 Å². The summed E-state index contributed by atoms with van der Waals surface area (Å²) < 4.78 is 18.9. The molecule has 2 atom stereocenters. The highest BCUT2D eigenvalue weighted by Gasteiger charge is 2.36. The maximum Gasteiger partial charge on any atom is 0.259 e. The zero-order valence-electron chi connectivity index (χ0n) is 16.2. The van der Waals surface area contributed by atoms with Crippen molar-refractivity contribution >= 4 is 16.8 Å². The Bertz CT molecular complexity index is 901. The fraction of sp³-hybridized carbons (Fsp3) is 0.500. The van der Waals surface area contributed by atoms with E-state index in [0.29, 0.717) is 19.7 Å². The lowest BCUT2D eigenvalue weighted by molar-refractivity contribution is 0.0777. The average Bonchev–Trinajstić information content (AvgIpc) is 3.09. The van der Waals surface area contributed by atoms with Gasteiger partial charge in [-0.15, -0.1) is 0 Å². The second-order valence-corrected chi connectivity index (χ2v) is 7.36. The first-order valence-corrected chi connectivity index (χ1v) is 9.33. The number of hydrogen-bond donors (Lipinski definition) is 2. The van der Waals surface area contributed by atoms with E-state index in [2.05, 4.69) is 9.88 Å². The molecule has 8 heteroatoms. The molecule has 7 nitrogen and oxygen atoms in total. The number of halogens is 1. The molecule has 152 valence electrons. The van der Waals surface area contributed by atoms with Crippen molar-refractivity contribution in [3.05, 3.63) is 46.0 Å². The largest absolute Gasteiger partial charge is 0.396 e. The predicted molar refractivity (Wildman–Crippen MR) is 104 cm³/mol. The van der Waals surface area contributed by atoms with Crippen LogP contribution in [-0.2, 0) is 4.74 Å². The summed E-state index contributed by atoms with van der Waals surface area (Å²) in [6, 6.07) is 4.21. The van der Waals surface area contributed by atoms with E-state index in [0.717, 1.165) is 13.1 Å². The molecule has 0 saturated carbocycles. The van der Waals surface area contributed by atoms with Crippen molar-refractivity contribution in [3.63, 3.8) is 0 Å². The Morgan fingerprint density at radius 3 is 2.86 bits per heavy atom. The molecule has 0 radical (unpaired) electrons. The molecular formula is C20H26FN3O4. The molecule has 1 aromatic heterocycles. The molecule has 0 bridgehead atoms. The van der Waals surface area contributed by atoms with Gasteiger partial charge in [0.2, 0.25) is 5.43 Å². The van der Waals surface area contributed by atoms with Crippen LogP contribution in [0.1, 0.15) is 10.4 Å². The predicted octanol–water partition coefficient (Wildman–Crippen LogP) is 0.926. The van der Waals surface area contributed by atoms with Crippen molar-refractivity contribution in [2.75, 3.05) is 53.6 Å². The van der Waals surface area contributed by atoms with E-state index in [9.17, 15) is 19.1 Å². The lowest BCUT2D eigenvalue weighted by atomic mass is 9.96. The Kier molecular flexibility index (Phi) is 6.43. The molecule has 0 spiro atoms. The Balaban J connectivity index is 1.78. The molecule has 2 heterocycles. The van der Waals surface area contributed by atoms with E-state index in [-0.39, 0.29) is 34.9 Å². The number of ether oxygens (including phenoxy) is 1. The first kappa shape index (κ1) is 20.4. The molecular weight excluding hydrogens is 365 g/mol. The number of aromatic amines is 1. The Labute approximate surface area is 162 Å². The van der Waals surface area contributed by atoms with Gasteiger partial charge in [0, 0.05) is 57.4 Å². The maximum absolute atomic E-state index is 13.9. The van der Waals surface area contributed by atoms with Crippen molar-refractivity contribution in [3.8, 4) is 0 Å². The van der Waals surface area contributed by atoms with Gasteiger partial charge >= 0.3 is 0 Å². The fourth-order valence-corrected chi connectivity index (χ4v) is 3.80. The Morgan fingerprint density at radius 2 is 2.14 bits per heavy atom. The number of nitrogens with one attached hydrogen (secondary N) is 1. The summed E-state index contributed by atoms with van der Waals surface area (Å²) >= 11 is 0. The van der Waals surface area contributed by atoms with Crippen LogP contribution in [-0.4, -0.2) is 79.3 Å². The van der Waals surface area contributed by atoms with Gasteiger partial charge in [0.05, 0.1) is 12.1 Å². The van der Waals surface area contributed by atoms with Gasteiger partial charge in [-0.2, -0.15) is 0 Å². The van der Waals surface area contributed by atoms with E-state index < -0.39 is 17.2 Å². The zero-order chi connectivity index (χ0) is 20.3. The topological polar surface area (TPSA) is 85.9 Å². The third kappa shape index (κ3) is 4.09. The minimum absolute atomic E-state index is 0.0109. The van der Waals surface area contributed by atoms with Gasteiger partial charge in [-0.3, -0.25) is 9.59 Å². The van der Waals surface area contributed by atoms with Gasteiger partial charge in [-0.05, 0) is 25.1 Å². The van der Waals surface area contributed by atoms with Crippen molar-refractivity contribution in [2.45, 2.75) is 0 Å². The summed E-state index contributed by atoms with van der Waals surface area (Å²) in [4.78, 5) is 32.1. The molecule has 1 aliphatic heterocycles. The monoisotopic (exact) mass is 391 g/mol. The van der Waals surface area contributed by atoms with Crippen LogP contribution in [0, 0.1) is 17.7 Å². The highest BCUT2D eigenvalue weighted by atomic mass is 19.1. The molecule has 3 rings (SSSR count). The van der Waals surface area contributed by atoms with Gasteiger partial charge in [0.15, 0.2) is 0 Å². The van der Waals surface area contributed by atoms with E-state index >= 15 is 0 Å². The number of aromatic nitrogens is 1. The van der Waals surface area contributed by atoms with Gasteiger partial charge in [-0.25, -0.2) is 4.39 Å². The molecule has 1 aliphatic rings. The van der Waals surface area contributed by atoms with Crippen molar-refractivity contribution < 1.29 is 19.0 Å². The number of aliphatic hydroxyl groups is 1. The molecule has 1 saturated heterocycles. The van der Waals surface area contributed by atoms with Crippen LogP contribution in [0.4, 0.5) is 4.39 Å². The molecule has 1 fully saturated rings. The van der Waals surface area contributed by atoms with Gasteiger partial charge in [-0.1, -0.05) is 6.07 Å². The summed E-state index contributed by atoms with van der Waals surface area (Å²) in [6.45, 7) is 2.91. The number of carbonyl (C=O) groups excluding carboxylic acids is 1. The number of benzene rings is 1. The molecule has 1 aromatic carbocycles. The van der Waals surface area contributed by atoms with E-state index in [1.165, 1.54) is 24.4 Å². The number of pyridine rings is 1. The minimum atomic E-state index is -0.533. The van der Waals surface area contributed by atoms with Crippen LogP contribution < -0.4 is 5.43 Å². The van der Waals surface area contributed by atoms with Crippen molar-refractivity contribution in [1.29, 1.82) is 0 Å². The summed E-state index contributed by atoms with van der Waals surface area (Å²) in [7, 11) is 3.62. The number of fused-ring (bicyclic) bond motifs is 1. The molecule has 1 amide bonds. The third-order valence-corrected chi connectivity index (χ3v) is 5.42. The van der Waals surface area contributed by atoms with E-state index in [4.69, 9.17) is 4.74 Å². The summed E-state index contributed by atoms with van der Waals surface area (Å²) in [5.74, 6) is -0.874. The molecule has 2 aromatic rings. The molecule has 2 N–H and O–H groups in total. The van der Waals surface area contributed by atoms with E-state index in [1.807, 2.05) is 7.05 Å². The Hall–Kier alpha value is -2.29. The highest BCUT2D eigenvalue weighted by molar-refractivity contribution is 5.97. The zero-order valence-corrected chi connectivity index (χ0v) is 16.2. The van der Waals surface area contributed by atoms with Crippen LogP contribution in [0.2, 0.25) is 0 Å². The summed E-state index contributed by atoms with van der Waals surface area (Å²) in [5, 5.41) is 9.88. The number of likely N-dealkylation sites (tertiary alicyclic amines) is 1. The first-order valence-electron chi connectivity index (χ1n) is 9.33. The number of amides is 1. The van der Waals surface area contributed by atoms with Gasteiger partial charge in [0.25, 0.3) is 5.91 Å². The van der Waals surface area contributed by atoms with Crippen molar-refractivity contribution in [1.82, 2.24) is 14.8 Å². The van der Waals surface area contributed by atoms with E-state index in [1.54, 1.807) is 12.0 Å². The van der Waals surface area contributed by atoms with Gasteiger partial charge < -0.3 is 24.6 Å². The molecule has 28 heavy (non-hydrogen) atoms. The fourth-order valence-electron chi connectivity index (χ4n) is 3.80. The highest BCUT2D eigenvalue weighted by Crippen LogP contribution is 2.25. The number of likely N-dealkylation sites (N-methyl/N-ethyl adjacent to an activating group) is 1. The maximum atomic E-state index is 13.9. The van der Waals surface area contributed by atoms with Crippen molar-refractivity contribution in [2.24, 2.45) is 11.8 Å². The number of para-hydroxylation sites is 1. The minimum Gasteiger partial charge on any atom is -0.396 e. The van der Waals surface area contributed by atoms with Crippen LogP contribution >= 0.6 is 0 Å². The molecule has 0 aliphatic carbocycles. The standard InChI is InChI=1S/C20H26FN3O4/c1-23(6-7-28-2)9-13-10-24(11-14(13)12-25)20(27)16-8-22-18-15(19(16)26)4-3-5-17(18)21/h3-5,8,13-14,25H,6-7,9-12H2,1-2H3,(H,22,26)/t13-,14-/m1/s1. The lowest BCUT2D eigenvalue weighted by Crippen LogP contribution is -2.35. The second-order valence-electron chi connectivity index (χ2n) is 7.36. The number of carbonyl (C=O) groups is 1. The number of nitrogens with zero attached hydrogens (tertiary/aromatic N) is 2. The SMILES string of the molecule is COCCN(C)C[C@@H]1CN(C(=O)c2c[nH]c3c(F)cccc3c2=O)C[C@@H]1CO. The van der Waals surface area contributed by atoms with Crippen LogP contribution in [0.3, 0.4) is 0 Å². The lowest BCUT2D eigenvalue weighted by Gasteiger charge is -2.23. The molecule has 0 unspecified atom stereocenters.